The standard InChI is InChI=1S/C16H18BrN7/c17-13-3-1-2-11(6-13)16-12(8-19-22-16)9-23-4-5-24-14(7-18)20-21-15(24)10-23/h1-3,6,8H,4-5,7,9-10,18H2,(H,19,22). The molecule has 3 N–H and O–H groups in total. The van der Waals surface area contributed by atoms with Crippen molar-refractivity contribution < 1.29 is 0 Å². The number of hydrogen-bond acceptors (Lipinski definition) is 5. The summed E-state index contributed by atoms with van der Waals surface area (Å²) in [6.07, 6.45) is 1.90. The Labute approximate surface area is 148 Å². The van der Waals surface area contributed by atoms with Crippen LogP contribution in [0.4, 0.5) is 0 Å². The maximum atomic E-state index is 5.71. The highest BCUT2D eigenvalue weighted by Gasteiger charge is 2.22. The highest BCUT2D eigenvalue weighted by molar-refractivity contribution is 9.10. The molecule has 3 heterocycles. The molecule has 1 aliphatic rings. The third kappa shape index (κ3) is 2.88. The molecule has 124 valence electrons. The van der Waals surface area contributed by atoms with E-state index < -0.39 is 0 Å². The van der Waals surface area contributed by atoms with Gasteiger partial charge in [-0.25, -0.2) is 0 Å². The number of H-pyrrole nitrogens is 1. The van der Waals surface area contributed by atoms with Crippen molar-refractivity contribution in [1.82, 2.24) is 29.9 Å². The lowest BCUT2D eigenvalue weighted by Gasteiger charge is -2.27. The quantitative estimate of drug-likeness (QED) is 0.713. The summed E-state index contributed by atoms with van der Waals surface area (Å²) in [5.74, 6) is 1.84. The number of nitrogens with two attached hydrogens (primary N) is 1. The molecule has 0 bridgehead atoms. The largest absolute Gasteiger partial charge is 0.324 e. The van der Waals surface area contributed by atoms with E-state index in [-0.39, 0.29) is 0 Å². The van der Waals surface area contributed by atoms with Gasteiger partial charge in [-0.1, -0.05) is 28.1 Å². The molecule has 1 aromatic carbocycles. The third-order valence-corrected chi connectivity index (χ3v) is 4.81. The normalized spacial score (nSPS) is 14.8. The fourth-order valence-electron chi connectivity index (χ4n) is 3.12. The molecule has 24 heavy (non-hydrogen) atoms. The summed E-state index contributed by atoms with van der Waals surface area (Å²) >= 11 is 3.53. The minimum absolute atomic E-state index is 0.432. The van der Waals surface area contributed by atoms with Crippen LogP contribution in [-0.4, -0.2) is 36.4 Å². The van der Waals surface area contributed by atoms with E-state index >= 15 is 0 Å². The van der Waals surface area contributed by atoms with Gasteiger partial charge in [0.25, 0.3) is 0 Å². The smallest absolute Gasteiger partial charge is 0.147 e. The number of nitrogens with one attached hydrogen (secondary N) is 1. The molecular weight excluding hydrogens is 370 g/mol. The Kier molecular flexibility index (Phi) is 4.17. The van der Waals surface area contributed by atoms with Crippen molar-refractivity contribution in [3.63, 3.8) is 0 Å². The second-order valence-corrected chi connectivity index (χ2v) is 6.80. The monoisotopic (exact) mass is 387 g/mol. The summed E-state index contributed by atoms with van der Waals surface area (Å²) in [6, 6.07) is 8.23. The second kappa shape index (κ2) is 6.46. The Morgan fingerprint density at radius 1 is 1.25 bits per heavy atom. The molecule has 0 saturated carbocycles. The fraction of sp³-hybridized carbons (Fsp3) is 0.312. The second-order valence-electron chi connectivity index (χ2n) is 5.88. The SMILES string of the molecule is NCc1nnc2n1CCN(Cc1cn[nH]c1-c1cccc(Br)c1)C2. The van der Waals surface area contributed by atoms with E-state index in [1.54, 1.807) is 0 Å². The number of benzene rings is 1. The number of fused-ring (bicyclic) bond motifs is 1. The first-order chi connectivity index (χ1) is 11.7. The van der Waals surface area contributed by atoms with E-state index in [2.05, 4.69) is 57.9 Å². The summed E-state index contributed by atoms with van der Waals surface area (Å²) in [5.41, 5.74) is 9.07. The summed E-state index contributed by atoms with van der Waals surface area (Å²) in [7, 11) is 0. The Morgan fingerprint density at radius 2 is 2.17 bits per heavy atom. The van der Waals surface area contributed by atoms with Crippen LogP contribution in [0.3, 0.4) is 0 Å². The molecule has 4 rings (SSSR count). The Bertz CT molecular complexity index is 854. The molecule has 0 unspecified atom stereocenters. The van der Waals surface area contributed by atoms with Gasteiger partial charge in [-0.05, 0) is 12.1 Å². The maximum absolute atomic E-state index is 5.71. The Balaban J connectivity index is 1.54. The average Bonchev–Trinajstić information content (AvgIpc) is 3.21. The maximum Gasteiger partial charge on any atom is 0.147 e. The van der Waals surface area contributed by atoms with E-state index in [0.29, 0.717) is 6.54 Å². The summed E-state index contributed by atoms with van der Waals surface area (Å²) in [6.45, 7) is 3.85. The molecule has 0 spiro atoms. The van der Waals surface area contributed by atoms with Crippen LogP contribution in [0, 0.1) is 0 Å². The zero-order chi connectivity index (χ0) is 16.5. The molecule has 7 nitrogen and oxygen atoms in total. The number of aromatic nitrogens is 5. The number of rotatable bonds is 4. The molecule has 0 aliphatic carbocycles. The number of nitrogens with zero attached hydrogens (tertiary/aromatic N) is 5. The molecule has 2 aromatic heterocycles. The molecule has 0 fully saturated rings. The Morgan fingerprint density at radius 3 is 3.00 bits per heavy atom. The molecule has 1 aliphatic heterocycles. The van der Waals surface area contributed by atoms with E-state index in [9.17, 15) is 0 Å². The van der Waals surface area contributed by atoms with Crippen LogP contribution in [0.25, 0.3) is 11.3 Å². The minimum atomic E-state index is 0.432. The lowest BCUT2D eigenvalue weighted by Crippen LogP contribution is -2.34. The van der Waals surface area contributed by atoms with Crippen molar-refractivity contribution in [2.45, 2.75) is 26.2 Å². The first kappa shape index (κ1) is 15.5. The predicted octanol–water partition coefficient (Wildman–Crippen LogP) is 1.91. The van der Waals surface area contributed by atoms with Gasteiger partial charge in [-0.3, -0.25) is 10.00 Å². The summed E-state index contributed by atoms with van der Waals surface area (Å²) < 4.78 is 3.18. The van der Waals surface area contributed by atoms with Crippen molar-refractivity contribution in [3.8, 4) is 11.3 Å². The first-order valence-electron chi connectivity index (χ1n) is 7.86. The topological polar surface area (TPSA) is 88.7 Å². The van der Waals surface area contributed by atoms with Crippen LogP contribution in [0.15, 0.2) is 34.9 Å². The number of aromatic amines is 1. The summed E-state index contributed by atoms with van der Waals surface area (Å²) in [5, 5.41) is 15.8. The molecule has 0 radical (unpaired) electrons. The average molecular weight is 388 g/mol. The van der Waals surface area contributed by atoms with Gasteiger partial charge in [0.15, 0.2) is 0 Å². The van der Waals surface area contributed by atoms with E-state index in [1.165, 1.54) is 5.56 Å². The zero-order valence-corrected chi connectivity index (χ0v) is 14.7. The van der Waals surface area contributed by atoms with Crippen molar-refractivity contribution in [2.24, 2.45) is 5.73 Å². The van der Waals surface area contributed by atoms with Crippen molar-refractivity contribution in [1.29, 1.82) is 0 Å². The van der Waals surface area contributed by atoms with Gasteiger partial charge in [0, 0.05) is 35.2 Å². The van der Waals surface area contributed by atoms with Gasteiger partial charge >= 0.3 is 0 Å². The van der Waals surface area contributed by atoms with Crippen molar-refractivity contribution >= 4 is 15.9 Å². The molecular formula is C16H18BrN7. The van der Waals surface area contributed by atoms with E-state index in [4.69, 9.17) is 5.73 Å². The lowest BCUT2D eigenvalue weighted by molar-refractivity contribution is 0.207. The van der Waals surface area contributed by atoms with Crippen LogP contribution in [-0.2, 0) is 26.2 Å². The highest BCUT2D eigenvalue weighted by atomic mass is 79.9. The molecule has 0 atom stereocenters. The van der Waals surface area contributed by atoms with Gasteiger partial charge in [0.1, 0.15) is 11.6 Å². The van der Waals surface area contributed by atoms with Crippen molar-refractivity contribution in [3.05, 3.63) is 52.1 Å². The molecule has 8 heteroatoms. The van der Waals surface area contributed by atoms with Crippen LogP contribution in [0.2, 0.25) is 0 Å². The van der Waals surface area contributed by atoms with Gasteiger partial charge < -0.3 is 10.3 Å². The Hall–Kier alpha value is -2.03. The molecule has 3 aromatic rings. The van der Waals surface area contributed by atoms with Crippen molar-refractivity contribution in [2.75, 3.05) is 6.54 Å². The lowest BCUT2D eigenvalue weighted by atomic mass is 10.1. The minimum Gasteiger partial charge on any atom is -0.324 e. The number of halogens is 1. The highest BCUT2D eigenvalue weighted by Crippen LogP contribution is 2.26. The fourth-order valence-corrected chi connectivity index (χ4v) is 3.52. The third-order valence-electron chi connectivity index (χ3n) is 4.32. The van der Waals surface area contributed by atoms with Gasteiger partial charge in [0.05, 0.1) is 25.0 Å². The van der Waals surface area contributed by atoms with Crippen LogP contribution in [0.5, 0.6) is 0 Å². The van der Waals surface area contributed by atoms with Gasteiger partial charge in [-0.15, -0.1) is 10.2 Å². The van der Waals surface area contributed by atoms with Crippen LogP contribution >= 0.6 is 15.9 Å². The summed E-state index contributed by atoms with van der Waals surface area (Å²) in [4.78, 5) is 2.36. The zero-order valence-electron chi connectivity index (χ0n) is 13.1. The van der Waals surface area contributed by atoms with Gasteiger partial charge in [-0.2, -0.15) is 5.10 Å². The van der Waals surface area contributed by atoms with E-state index in [1.807, 2.05) is 18.3 Å². The molecule has 0 amide bonds. The predicted molar refractivity (Wildman–Crippen MR) is 93.8 cm³/mol. The van der Waals surface area contributed by atoms with Gasteiger partial charge in [0.2, 0.25) is 0 Å². The first-order valence-corrected chi connectivity index (χ1v) is 8.65. The van der Waals surface area contributed by atoms with Crippen LogP contribution in [0.1, 0.15) is 17.2 Å². The molecule has 0 saturated heterocycles. The van der Waals surface area contributed by atoms with Crippen LogP contribution < -0.4 is 5.73 Å². The number of hydrogen-bond donors (Lipinski definition) is 2. The van der Waals surface area contributed by atoms with E-state index in [0.717, 1.165) is 53.6 Å².